The Morgan fingerprint density at radius 3 is 3.05 bits per heavy atom. The van der Waals surface area contributed by atoms with Crippen molar-refractivity contribution in [1.82, 2.24) is 14.4 Å². The van der Waals surface area contributed by atoms with Gasteiger partial charge in [0.15, 0.2) is 17.3 Å². The van der Waals surface area contributed by atoms with Gasteiger partial charge in [0.1, 0.15) is 0 Å². The quantitative estimate of drug-likeness (QED) is 0.569. The molecule has 0 aliphatic carbocycles. The first-order valence-electron chi connectivity index (χ1n) is 6.27. The Morgan fingerprint density at radius 1 is 1.50 bits per heavy atom. The highest BCUT2D eigenvalue weighted by Crippen LogP contribution is 2.29. The molecule has 3 N–H and O–H groups in total. The zero-order valence-electron chi connectivity index (χ0n) is 11.3. The molecule has 0 aromatic carbocycles. The van der Waals surface area contributed by atoms with E-state index in [2.05, 4.69) is 44.7 Å². The van der Waals surface area contributed by atoms with E-state index in [1.54, 1.807) is 17.5 Å². The minimum Gasteiger partial charge on any atom is -0.349 e. The fraction of sp³-hybridized carbons (Fsp3) is 0.231. The summed E-state index contributed by atoms with van der Waals surface area (Å²) in [6.07, 6.45) is 5.45. The van der Waals surface area contributed by atoms with Gasteiger partial charge in [-0.1, -0.05) is 6.07 Å². The van der Waals surface area contributed by atoms with Crippen LogP contribution in [0, 0.1) is 0 Å². The van der Waals surface area contributed by atoms with E-state index >= 15 is 0 Å². The van der Waals surface area contributed by atoms with Gasteiger partial charge in [0.25, 0.3) is 0 Å². The molecule has 6 nitrogen and oxygen atoms in total. The van der Waals surface area contributed by atoms with Crippen molar-refractivity contribution >= 4 is 28.6 Å². The van der Waals surface area contributed by atoms with E-state index in [4.69, 9.17) is 5.84 Å². The summed E-state index contributed by atoms with van der Waals surface area (Å²) < 4.78 is 1.91. The predicted molar refractivity (Wildman–Crippen MR) is 81.9 cm³/mol. The number of hydrazine groups is 1. The van der Waals surface area contributed by atoms with Crippen LogP contribution in [0.4, 0.5) is 11.6 Å². The van der Waals surface area contributed by atoms with Crippen molar-refractivity contribution in [1.29, 1.82) is 0 Å². The van der Waals surface area contributed by atoms with Gasteiger partial charge in [-0.2, -0.15) is 0 Å². The van der Waals surface area contributed by atoms with Gasteiger partial charge in [0.2, 0.25) is 0 Å². The van der Waals surface area contributed by atoms with E-state index in [9.17, 15) is 0 Å². The van der Waals surface area contributed by atoms with E-state index in [0.717, 1.165) is 11.5 Å². The smallest absolute Gasteiger partial charge is 0.180 e. The van der Waals surface area contributed by atoms with Gasteiger partial charge in [-0.25, -0.2) is 15.8 Å². The highest BCUT2D eigenvalue weighted by molar-refractivity contribution is 7.10. The predicted octanol–water partition coefficient (Wildman–Crippen LogP) is 2.27. The van der Waals surface area contributed by atoms with Crippen LogP contribution in [-0.2, 0) is 0 Å². The van der Waals surface area contributed by atoms with Crippen LogP contribution in [-0.4, -0.2) is 21.4 Å². The minimum absolute atomic E-state index is 0.219. The molecule has 1 unspecified atom stereocenters. The van der Waals surface area contributed by atoms with Crippen LogP contribution in [0.1, 0.15) is 17.8 Å². The van der Waals surface area contributed by atoms with Gasteiger partial charge in [-0.15, -0.1) is 11.3 Å². The Hall–Kier alpha value is -2.12. The normalized spacial score (nSPS) is 12.6. The van der Waals surface area contributed by atoms with E-state index in [0.29, 0.717) is 5.82 Å². The lowest BCUT2D eigenvalue weighted by Gasteiger charge is -2.25. The molecule has 0 saturated heterocycles. The van der Waals surface area contributed by atoms with Gasteiger partial charge in [0.05, 0.1) is 12.2 Å². The lowest BCUT2D eigenvalue weighted by molar-refractivity contribution is 0.742. The molecule has 104 valence electrons. The van der Waals surface area contributed by atoms with Crippen molar-refractivity contribution in [2.45, 2.75) is 13.0 Å². The van der Waals surface area contributed by atoms with Crippen LogP contribution >= 0.6 is 11.3 Å². The molecule has 20 heavy (non-hydrogen) atoms. The molecule has 3 rings (SSSR count). The summed E-state index contributed by atoms with van der Waals surface area (Å²) in [7, 11) is 2.02. The Labute approximate surface area is 120 Å². The fourth-order valence-electron chi connectivity index (χ4n) is 2.12. The summed E-state index contributed by atoms with van der Waals surface area (Å²) >= 11 is 1.73. The summed E-state index contributed by atoms with van der Waals surface area (Å²) in [5, 5.41) is 2.08. The molecule has 0 radical (unpaired) electrons. The van der Waals surface area contributed by atoms with Gasteiger partial charge in [-0.3, -0.25) is 0 Å². The molecule has 0 bridgehead atoms. The topological polar surface area (TPSA) is 71.5 Å². The summed E-state index contributed by atoms with van der Waals surface area (Å²) in [5.41, 5.74) is 3.41. The number of hydrogen-bond donors (Lipinski definition) is 2. The Kier molecular flexibility index (Phi) is 3.29. The van der Waals surface area contributed by atoms with Crippen LogP contribution in [0.15, 0.2) is 36.1 Å². The first kappa shape index (κ1) is 12.9. The van der Waals surface area contributed by atoms with Crippen LogP contribution in [0.5, 0.6) is 0 Å². The number of anilines is 2. The number of aromatic nitrogens is 3. The first-order chi connectivity index (χ1) is 9.70. The number of nitrogens with zero attached hydrogens (tertiary/aromatic N) is 4. The first-order valence-corrected chi connectivity index (χ1v) is 7.15. The van der Waals surface area contributed by atoms with E-state index < -0.39 is 0 Å². The summed E-state index contributed by atoms with van der Waals surface area (Å²) in [6.45, 7) is 2.15. The molecule has 0 amide bonds. The largest absolute Gasteiger partial charge is 0.349 e. The third-order valence-corrected chi connectivity index (χ3v) is 4.42. The van der Waals surface area contributed by atoms with Crippen molar-refractivity contribution in [2.75, 3.05) is 17.4 Å². The highest BCUT2D eigenvalue weighted by atomic mass is 32.1. The molecule has 1 atom stereocenters. The van der Waals surface area contributed by atoms with Crippen LogP contribution < -0.4 is 16.2 Å². The zero-order valence-corrected chi connectivity index (χ0v) is 12.1. The van der Waals surface area contributed by atoms with Crippen molar-refractivity contribution in [3.05, 3.63) is 41.0 Å². The van der Waals surface area contributed by atoms with Crippen molar-refractivity contribution in [3.8, 4) is 0 Å². The standard InChI is InChI=1S/C13H16N6S/c1-9(10-4-3-7-20-10)18(2)13-12-15-5-6-19(12)8-11(16-13)17-14/h3-9,17H,14H2,1-2H3. The van der Waals surface area contributed by atoms with Crippen LogP contribution in [0.2, 0.25) is 0 Å². The molecule has 0 aliphatic heterocycles. The Morgan fingerprint density at radius 2 is 2.35 bits per heavy atom. The SMILES string of the molecule is CC(c1cccs1)N(C)c1nc(NN)cn2ccnc12. The van der Waals surface area contributed by atoms with Gasteiger partial charge < -0.3 is 14.7 Å². The molecular formula is C13H16N6S. The molecule has 3 aromatic heterocycles. The van der Waals surface area contributed by atoms with Crippen molar-refractivity contribution in [2.24, 2.45) is 5.84 Å². The third-order valence-electron chi connectivity index (χ3n) is 3.37. The number of thiophene rings is 1. The fourth-order valence-corrected chi connectivity index (χ4v) is 2.95. The van der Waals surface area contributed by atoms with E-state index in [1.807, 2.05) is 23.8 Å². The molecule has 3 heterocycles. The second-order valence-corrected chi connectivity index (χ2v) is 5.53. The molecule has 3 aromatic rings. The van der Waals surface area contributed by atoms with Crippen molar-refractivity contribution in [3.63, 3.8) is 0 Å². The Balaban J connectivity index is 2.06. The minimum atomic E-state index is 0.219. The number of nitrogens with one attached hydrogen (secondary N) is 1. The number of hydrogen-bond acceptors (Lipinski definition) is 6. The van der Waals surface area contributed by atoms with Crippen LogP contribution in [0.25, 0.3) is 5.65 Å². The number of nitrogens with two attached hydrogens (primary N) is 1. The van der Waals surface area contributed by atoms with Gasteiger partial charge >= 0.3 is 0 Å². The summed E-state index contributed by atoms with van der Waals surface area (Å²) in [4.78, 5) is 12.3. The maximum atomic E-state index is 5.49. The van der Waals surface area contributed by atoms with Gasteiger partial charge in [0, 0.05) is 24.3 Å². The Bertz CT molecular complexity index is 705. The number of rotatable bonds is 4. The maximum Gasteiger partial charge on any atom is 0.180 e. The summed E-state index contributed by atoms with van der Waals surface area (Å²) in [5.74, 6) is 6.89. The molecule has 0 spiro atoms. The van der Waals surface area contributed by atoms with Gasteiger partial charge in [-0.05, 0) is 18.4 Å². The average molecular weight is 288 g/mol. The second kappa shape index (κ2) is 5.10. The lowest BCUT2D eigenvalue weighted by atomic mass is 10.2. The second-order valence-electron chi connectivity index (χ2n) is 4.55. The zero-order chi connectivity index (χ0) is 14.1. The molecule has 0 saturated carbocycles. The highest BCUT2D eigenvalue weighted by Gasteiger charge is 2.18. The molecular weight excluding hydrogens is 272 g/mol. The monoisotopic (exact) mass is 288 g/mol. The van der Waals surface area contributed by atoms with E-state index in [1.165, 1.54) is 4.88 Å². The molecule has 0 aliphatic rings. The maximum absolute atomic E-state index is 5.49. The number of nitrogen functional groups attached to an aromatic ring is 1. The number of fused-ring (bicyclic) bond motifs is 1. The van der Waals surface area contributed by atoms with E-state index in [-0.39, 0.29) is 6.04 Å². The van der Waals surface area contributed by atoms with Crippen LogP contribution in [0.3, 0.4) is 0 Å². The lowest BCUT2D eigenvalue weighted by Crippen LogP contribution is -2.23. The third kappa shape index (κ3) is 2.10. The molecule has 0 fully saturated rings. The number of imidazole rings is 1. The molecule has 7 heteroatoms. The summed E-state index contributed by atoms with van der Waals surface area (Å²) in [6, 6.07) is 4.40. The van der Waals surface area contributed by atoms with Crippen molar-refractivity contribution < 1.29 is 0 Å². The average Bonchev–Trinajstić information content (AvgIpc) is 3.15.